The number of nitrogens with zero attached hydrogens (tertiary/aromatic N) is 4. The van der Waals surface area contributed by atoms with E-state index >= 15 is 0 Å². The first-order chi connectivity index (χ1) is 38.1. The van der Waals surface area contributed by atoms with Crippen LogP contribution in [0, 0.1) is 5.92 Å². The maximum absolute atomic E-state index is 4.09. The predicted octanol–water partition coefficient (Wildman–Crippen LogP) is 20.4. The summed E-state index contributed by atoms with van der Waals surface area (Å²) in [7, 11) is 0. The molecule has 1 aliphatic carbocycles. The van der Waals surface area contributed by atoms with Gasteiger partial charge in [0.1, 0.15) is 0 Å². The lowest BCUT2D eigenvalue weighted by molar-refractivity contribution is 0.728. The summed E-state index contributed by atoms with van der Waals surface area (Å²) in [4.78, 5) is 9.38. The molecule has 77 heavy (non-hydrogen) atoms. The highest BCUT2D eigenvalue weighted by molar-refractivity contribution is 5.83. The van der Waals surface area contributed by atoms with Gasteiger partial charge in [-0.2, -0.15) is 0 Å². The van der Waals surface area contributed by atoms with Gasteiger partial charge in [0.15, 0.2) is 0 Å². The van der Waals surface area contributed by atoms with E-state index in [1.54, 1.807) is 0 Å². The highest BCUT2D eigenvalue weighted by Crippen LogP contribution is 2.40. The van der Waals surface area contributed by atoms with Gasteiger partial charge in [-0.3, -0.25) is 0 Å². The molecule has 1 atom stereocenters. The summed E-state index contributed by atoms with van der Waals surface area (Å²) in [5.74, 6) is 0.550. The third-order valence-electron chi connectivity index (χ3n) is 14.3. The lowest BCUT2D eigenvalue weighted by atomic mass is 10.00. The van der Waals surface area contributed by atoms with E-state index in [4.69, 9.17) is 0 Å². The van der Waals surface area contributed by atoms with Crippen molar-refractivity contribution >= 4 is 62.4 Å². The summed E-state index contributed by atoms with van der Waals surface area (Å²) >= 11 is 0. The molecule has 0 aromatic heterocycles. The predicted molar refractivity (Wildman–Crippen MR) is 329 cm³/mol. The monoisotopic (exact) mass is 994 g/mol. The molecule has 0 aliphatic heterocycles. The Kier molecular flexibility index (Phi) is 15.3. The maximum Gasteiger partial charge on any atom is 0.0462 e. The standard InChI is InChI=1S/C73H62N4/c1-3-19-57(54-55-74(63-20-9-4-10-21-63)64-22-11-5-12-23-64)58-32-44-70(45-33-58)76(66-26-15-7-16-27-66)71-48-36-61(37-49-71)62-40-52-73(53-41-62)77(67-28-17-8-18-29-67)72-50-38-60(39-51-72)59-34-46-69(47-35-59)75(65-24-13-6-14-25-65)68-42-30-56(2)31-43-68/h3-30,32-53,56H,1,31,54-55H2,2H3/b57-19+. The van der Waals surface area contributed by atoms with E-state index in [2.05, 4.69) is 330 Å². The van der Waals surface area contributed by atoms with Crippen LogP contribution in [0.1, 0.15) is 25.3 Å². The number of para-hydroxylation sites is 5. The maximum atomic E-state index is 4.09. The molecule has 4 nitrogen and oxygen atoms in total. The van der Waals surface area contributed by atoms with Crippen LogP contribution in [0.2, 0.25) is 0 Å². The van der Waals surface area contributed by atoms with Crippen LogP contribution in [0.15, 0.2) is 316 Å². The molecule has 4 heteroatoms. The molecule has 374 valence electrons. The molecule has 0 radical (unpaired) electrons. The van der Waals surface area contributed by atoms with Crippen LogP contribution in [0.5, 0.6) is 0 Å². The molecule has 10 aromatic carbocycles. The van der Waals surface area contributed by atoms with Crippen LogP contribution in [0.25, 0.3) is 27.8 Å². The zero-order valence-corrected chi connectivity index (χ0v) is 43.6. The first kappa shape index (κ1) is 49.6. The Morgan fingerprint density at radius 3 is 1.04 bits per heavy atom. The van der Waals surface area contributed by atoms with Crippen LogP contribution < -0.4 is 19.6 Å². The fourth-order valence-corrected chi connectivity index (χ4v) is 10.3. The van der Waals surface area contributed by atoms with Crippen molar-refractivity contribution in [3.05, 3.63) is 321 Å². The molecule has 0 saturated heterocycles. The van der Waals surface area contributed by atoms with Gasteiger partial charge in [0.2, 0.25) is 0 Å². The summed E-state index contributed by atoms with van der Waals surface area (Å²) in [6.07, 6.45) is 12.8. The average Bonchev–Trinajstić information content (AvgIpc) is 3.50. The van der Waals surface area contributed by atoms with E-state index < -0.39 is 0 Å². The second-order valence-electron chi connectivity index (χ2n) is 19.4. The third-order valence-corrected chi connectivity index (χ3v) is 14.3. The fraction of sp³-hybridized carbons (Fsp3) is 0.0685. The fourth-order valence-electron chi connectivity index (χ4n) is 10.3. The molecule has 0 heterocycles. The molecule has 0 N–H and O–H groups in total. The second kappa shape index (κ2) is 23.7. The highest BCUT2D eigenvalue weighted by atomic mass is 15.2. The van der Waals surface area contributed by atoms with Crippen molar-refractivity contribution in [3.63, 3.8) is 0 Å². The minimum Gasteiger partial charge on any atom is -0.341 e. The highest BCUT2D eigenvalue weighted by Gasteiger charge is 2.19. The summed E-state index contributed by atoms with van der Waals surface area (Å²) in [5.41, 5.74) is 19.4. The van der Waals surface area contributed by atoms with Crippen molar-refractivity contribution in [1.82, 2.24) is 0 Å². The number of rotatable bonds is 18. The zero-order valence-electron chi connectivity index (χ0n) is 43.6. The number of anilines is 10. The Bertz CT molecular complexity index is 3530. The average molecular weight is 995 g/mol. The van der Waals surface area contributed by atoms with Crippen molar-refractivity contribution in [2.24, 2.45) is 5.92 Å². The van der Waals surface area contributed by atoms with Crippen LogP contribution in [-0.2, 0) is 0 Å². The van der Waals surface area contributed by atoms with E-state index in [0.29, 0.717) is 5.92 Å². The lowest BCUT2D eigenvalue weighted by Gasteiger charge is -2.28. The number of hydrogen-bond donors (Lipinski definition) is 0. The Morgan fingerprint density at radius 1 is 0.390 bits per heavy atom. The van der Waals surface area contributed by atoms with Crippen molar-refractivity contribution in [3.8, 4) is 22.3 Å². The van der Waals surface area contributed by atoms with Gasteiger partial charge in [0, 0.05) is 69.1 Å². The van der Waals surface area contributed by atoms with Crippen molar-refractivity contribution in [2.45, 2.75) is 19.8 Å². The molecule has 0 spiro atoms. The van der Waals surface area contributed by atoms with Crippen LogP contribution in [0.3, 0.4) is 0 Å². The molecule has 1 aliphatic rings. The second-order valence-corrected chi connectivity index (χ2v) is 19.4. The van der Waals surface area contributed by atoms with Gasteiger partial charge in [-0.05, 0) is 180 Å². The quantitative estimate of drug-likeness (QED) is 0.0794. The molecule has 11 rings (SSSR count). The topological polar surface area (TPSA) is 13.0 Å². The van der Waals surface area contributed by atoms with Crippen LogP contribution in [0.4, 0.5) is 56.9 Å². The van der Waals surface area contributed by atoms with Gasteiger partial charge in [0.25, 0.3) is 0 Å². The van der Waals surface area contributed by atoms with Gasteiger partial charge in [-0.15, -0.1) is 0 Å². The minimum atomic E-state index is 0.550. The number of hydrogen-bond acceptors (Lipinski definition) is 4. The minimum absolute atomic E-state index is 0.550. The third kappa shape index (κ3) is 11.5. The summed E-state index contributed by atoms with van der Waals surface area (Å²) < 4.78 is 0. The number of benzene rings is 10. The molecule has 10 aromatic rings. The molecule has 0 saturated carbocycles. The van der Waals surface area contributed by atoms with Crippen LogP contribution in [-0.4, -0.2) is 6.54 Å². The van der Waals surface area contributed by atoms with Crippen LogP contribution >= 0.6 is 0 Å². The first-order valence-corrected chi connectivity index (χ1v) is 26.7. The Balaban J connectivity index is 0.813. The number of allylic oxidation sites excluding steroid dienone is 5. The largest absolute Gasteiger partial charge is 0.341 e. The first-order valence-electron chi connectivity index (χ1n) is 26.7. The summed E-state index contributed by atoms with van der Waals surface area (Å²) in [6.45, 7) is 7.18. The molecule has 0 fully saturated rings. The van der Waals surface area contributed by atoms with E-state index in [9.17, 15) is 0 Å². The van der Waals surface area contributed by atoms with E-state index in [0.717, 1.165) is 76.0 Å². The van der Waals surface area contributed by atoms with Crippen molar-refractivity contribution < 1.29 is 0 Å². The molecular formula is C73H62N4. The van der Waals surface area contributed by atoms with E-state index in [1.165, 1.54) is 39.3 Å². The van der Waals surface area contributed by atoms with E-state index in [1.807, 2.05) is 6.08 Å². The molecular weight excluding hydrogens is 933 g/mol. The Morgan fingerprint density at radius 2 is 0.701 bits per heavy atom. The Labute approximate surface area is 455 Å². The molecule has 0 amide bonds. The Hall–Kier alpha value is -9.64. The normalized spacial score (nSPS) is 13.1. The van der Waals surface area contributed by atoms with Crippen molar-refractivity contribution in [2.75, 3.05) is 26.1 Å². The summed E-state index contributed by atoms with van der Waals surface area (Å²) in [5, 5.41) is 0. The summed E-state index contributed by atoms with van der Waals surface area (Å²) in [6, 6.07) is 97.8. The van der Waals surface area contributed by atoms with Gasteiger partial charge in [-0.25, -0.2) is 0 Å². The smallest absolute Gasteiger partial charge is 0.0462 e. The molecule has 1 unspecified atom stereocenters. The van der Waals surface area contributed by atoms with E-state index in [-0.39, 0.29) is 0 Å². The van der Waals surface area contributed by atoms with Gasteiger partial charge in [-0.1, -0.05) is 189 Å². The zero-order chi connectivity index (χ0) is 52.2. The van der Waals surface area contributed by atoms with Crippen molar-refractivity contribution in [1.29, 1.82) is 0 Å². The molecule has 0 bridgehead atoms. The lowest BCUT2D eigenvalue weighted by Crippen LogP contribution is -2.18. The SMILES string of the molecule is C=C/C=C(\CCN(c1ccccc1)c1ccccc1)c1ccc(N(c2ccccc2)c2ccc(-c3ccc(N(c4ccccc4)c4ccc(-c5ccc(N(C6=CCC(C)C=C6)c6ccccc6)cc5)cc4)cc3)cc2)cc1. The van der Waals surface area contributed by atoms with Gasteiger partial charge >= 0.3 is 0 Å². The van der Waals surface area contributed by atoms with Gasteiger partial charge in [0.05, 0.1) is 0 Å². The van der Waals surface area contributed by atoms with Gasteiger partial charge < -0.3 is 19.6 Å².